The first-order valence-electron chi connectivity index (χ1n) is 13.3. The Hall–Kier alpha value is -0.720. The third-order valence-corrected chi connectivity index (χ3v) is 7.65. The minimum absolute atomic E-state index is 0.0362. The van der Waals surface area contributed by atoms with Crippen molar-refractivity contribution in [2.75, 3.05) is 33.0 Å². The predicted octanol–water partition coefficient (Wildman–Crippen LogP) is -7.40. The molecule has 240 valence electrons. The van der Waals surface area contributed by atoms with Crippen LogP contribution < -0.4 is 0 Å². The van der Waals surface area contributed by atoms with Crippen molar-refractivity contribution in [1.29, 1.82) is 0 Å². The van der Waals surface area contributed by atoms with Gasteiger partial charge >= 0.3 is 0 Å². The van der Waals surface area contributed by atoms with Gasteiger partial charge in [-0.3, -0.25) is 0 Å². The molecule has 18 heteroatoms. The van der Waals surface area contributed by atoms with E-state index in [1.807, 2.05) is 0 Å². The summed E-state index contributed by atoms with van der Waals surface area (Å²) in [4.78, 5) is 0. The molecule has 4 aliphatic rings. The molecule has 4 saturated heterocycles. The molecule has 4 fully saturated rings. The zero-order valence-corrected chi connectivity index (χ0v) is 21.8. The van der Waals surface area contributed by atoms with Crippen molar-refractivity contribution >= 4 is 0 Å². The molecule has 17 atom stereocenters. The Kier molecular flexibility index (Phi) is 11.6. The van der Waals surface area contributed by atoms with E-state index >= 15 is 0 Å². The quantitative estimate of drug-likeness (QED) is 0.116. The largest absolute Gasteiger partial charge is 0.394 e. The summed E-state index contributed by atoms with van der Waals surface area (Å²) in [5, 5.41) is 112. The van der Waals surface area contributed by atoms with Crippen LogP contribution in [-0.2, 0) is 33.2 Å². The Bertz CT molecular complexity index is 805. The standard InChI is InChI=1S/C23H40O18/c24-3-9-14(31)16(33)17(34)22(37-9)41-20-19(40-21-13(30)7(27)1-2-35-21)15(32)10(4-25)38-23(20)39-18-11(5-26)36-6-8(28)12(18)29/h7-34H,1-6H2. The minimum Gasteiger partial charge on any atom is -0.394 e. The molecule has 17 unspecified atom stereocenters. The lowest BCUT2D eigenvalue weighted by molar-refractivity contribution is -0.396. The third-order valence-electron chi connectivity index (χ3n) is 7.65. The van der Waals surface area contributed by atoms with Gasteiger partial charge in [0.1, 0.15) is 79.4 Å². The lowest BCUT2D eigenvalue weighted by Gasteiger charge is -2.49. The van der Waals surface area contributed by atoms with E-state index in [0.717, 1.165) is 0 Å². The topological polar surface area (TPSA) is 287 Å². The molecule has 0 aromatic carbocycles. The van der Waals surface area contributed by atoms with Crippen LogP contribution in [0.15, 0.2) is 0 Å². The number of aliphatic hydroxyl groups is 11. The van der Waals surface area contributed by atoms with Crippen LogP contribution in [0.3, 0.4) is 0 Å². The fourth-order valence-electron chi connectivity index (χ4n) is 5.15. The molecule has 41 heavy (non-hydrogen) atoms. The van der Waals surface area contributed by atoms with E-state index in [1.165, 1.54) is 0 Å². The van der Waals surface area contributed by atoms with E-state index in [4.69, 9.17) is 33.2 Å². The molecule has 0 saturated carbocycles. The van der Waals surface area contributed by atoms with Gasteiger partial charge in [-0.1, -0.05) is 0 Å². The van der Waals surface area contributed by atoms with E-state index < -0.39 is 124 Å². The molecule has 0 amide bonds. The molecule has 0 radical (unpaired) electrons. The number of aliphatic hydroxyl groups excluding tert-OH is 11. The van der Waals surface area contributed by atoms with Crippen molar-refractivity contribution < 1.29 is 89.3 Å². The Morgan fingerprint density at radius 3 is 1.73 bits per heavy atom. The van der Waals surface area contributed by atoms with Crippen LogP contribution in [-0.4, -0.2) is 194 Å². The Balaban J connectivity index is 1.67. The van der Waals surface area contributed by atoms with Gasteiger partial charge in [-0.05, 0) is 6.42 Å². The normalized spacial score (nSPS) is 51.4. The van der Waals surface area contributed by atoms with E-state index in [1.54, 1.807) is 0 Å². The second-order valence-corrected chi connectivity index (χ2v) is 10.4. The molecular formula is C23H40O18. The minimum atomic E-state index is -1.92. The van der Waals surface area contributed by atoms with Gasteiger partial charge in [0.15, 0.2) is 18.9 Å². The second kappa shape index (κ2) is 14.4. The molecule has 0 aromatic heterocycles. The van der Waals surface area contributed by atoms with E-state index in [2.05, 4.69) is 0 Å². The third kappa shape index (κ3) is 7.00. The van der Waals surface area contributed by atoms with Crippen LogP contribution in [0, 0.1) is 0 Å². The van der Waals surface area contributed by atoms with Crippen molar-refractivity contribution in [3.63, 3.8) is 0 Å². The zero-order valence-electron chi connectivity index (χ0n) is 21.8. The average Bonchev–Trinajstić information content (AvgIpc) is 2.96. The van der Waals surface area contributed by atoms with Gasteiger partial charge in [-0.25, -0.2) is 0 Å². The van der Waals surface area contributed by atoms with Crippen LogP contribution >= 0.6 is 0 Å². The summed E-state index contributed by atoms with van der Waals surface area (Å²) in [7, 11) is 0. The highest BCUT2D eigenvalue weighted by atomic mass is 16.8. The predicted molar refractivity (Wildman–Crippen MR) is 125 cm³/mol. The van der Waals surface area contributed by atoms with Gasteiger partial charge < -0.3 is 89.3 Å². The maximum Gasteiger partial charge on any atom is 0.187 e. The van der Waals surface area contributed by atoms with Crippen molar-refractivity contribution in [2.24, 2.45) is 0 Å². The Morgan fingerprint density at radius 1 is 0.488 bits per heavy atom. The number of hydrogen-bond donors (Lipinski definition) is 11. The molecule has 18 nitrogen and oxygen atoms in total. The van der Waals surface area contributed by atoms with Crippen LogP contribution in [0.5, 0.6) is 0 Å². The maximum atomic E-state index is 11.1. The van der Waals surface area contributed by atoms with E-state index in [9.17, 15) is 56.2 Å². The van der Waals surface area contributed by atoms with Gasteiger partial charge in [0.2, 0.25) is 0 Å². The molecule has 11 N–H and O–H groups in total. The fourth-order valence-corrected chi connectivity index (χ4v) is 5.15. The van der Waals surface area contributed by atoms with Crippen LogP contribution in [0.1, 0.15) is 6.42 Å². The lowest BCUT2D eigenvalue weighted by Crippen LogP contribution is -2.67. The first-order chi connectivity index (χ1) is 19.5. The van der Waals surface area contributed by atoms with Gasteiger partial charge in [-0.15, -0.1) is 0 Å². The van der Waals surface area contributed by atoms with Crippen LogP contribution in [0.25, 0.3) is 0 Å². The van der Waals surface area contributed by atoms with Gasteiger partial charge in [-0.2, -0.15) is 0 Å². The molecule has 4 rings (SSSR count). The summed E-state index contributed by atoms with van der Waals surface area (Å²) in [6.45, 7) is -2.62. The molecular weight excluding hydrogens is 564 g/mol. The highest BCUT2D eigenvalue weighted by molar-refractivity contribution is 4.97. The molecule has 0 spiro atoms. The van der Waals surface area contributed by atoms with Crippen molar-refractivity contribution in [2.45, 2.75) is 111 Å². The lowest BCUT2D eigenvalue weighted by atomic mass is 9.96. The summed E-state index contributed by atoms with van der Waals surface area (Å²) < 4.78 is 39.3. The first-order valence-corrected chi connectivity index (χ1v) is 13.3. The smallest absolute Gasteiger partial charge is 0.187 e. The molecule has 0 aromatic rings. The summed E-state index contributed by atoms with van der Waals surface area (Å²) in [6, 6.07) is 0. The first kappa shape index (κ1) is 33.2. The summed E-state index contributed by atoms with van der Waals surface area (Å²) in [6.07, 6.45) is -27.0. The number of hydrogen-bond acceptors (Lipinski definition) is 18. The summed E-state index contributed by atoms with van der Waals surface area (Å²) in [5.74, 6) is 0. The van der Waals surface area contributed by atoms with Crippen molar-refractivity contribution in [3.8, 4) is 0 Å². The summed E-state index contributed by atoms with van der Waals surface area (Å²) >= 11 is 0. The fraction of sp³-hybridized carbons (Fsp3) is 1.00. The Morgan fingerprint density at radius 2 is 1.07 bits per heavy atom. The van der Waals surface area contributed by atoms with Crippen LogP contribution in [0.4, 0.5) is 0 Å². The van der Waals surface area contributed by atoms with Gasteiger partial charge in [0.05, 0.1) is 39.1 Å². The SMILES string of the molecule is OCC1OC(OC2C(OC3C(CO)OCC(O)C3O)OC(CO)C(O)C2OC2OCCC(O)C2O)C(O)C(O)C1O. The van der Waals surface area contributed by atoms with Crippen LogP contribution in [0.2, 0.25) is 0 Å². The van der Waals surface area contributed by atoms with E-state index in [-0.39, 0.29) is 19.6 Å². The number of ether oxygens (including phenoxy) is 7. The average molecular weight is 605 g/mol. The zero-order chi connectivity index (χ0) is 30.0. The molecule has 0 bridgehead atoms. The van der Waals surface area contributed by atoms with Gasteiger partial charge in [0, 0.05) is 0 Å². The Labute approximate surface area is 233 Å². The van der Waals surface area contributed by atoms with E-state index in [0.29, 0.717) is 0 Å². The molecule has 0 aliphatic carbocycles. The highest BCUT2D eigenvalue weighted by Crippen LogP contribution is 2.34. The summed E-state index contributed by atoms with van der Waals surface area (Å²) in [5.41, 5.74) is 0. The second-order valence-electron chi connectivity index (χ2n) is 10.4. The number of rotatable bonds is 9. The molecule has 4 heterocycles. The monoisotopic (exact) mass is 604 g/mol. The maximum absolute atomic E-state index is 11.1. The van der Waals surface area contributed by atoms with Crippen molar-refractivity contribution in [3.05, 3.63) is 0 Å². The highest BCUT2D eigenvalue weighted by Gasteiger charge is 2.55. The van der Waals surface area contributed by atoms with Gasteiger partial charge in [0.25, 0.3) is 0 Å². The molecule has 4 aliphatic heterocycles. The van der Waals surface area contributed by atoms with Crippen molar-refractivity contribution in [1.82, 2.24) is 0 Å².